The second-order valence-electron chi connectivity index (χ2n) is 9.20. The lowest BCUT2D eigenvalue weighted by Crippen LogP contribution is -2.34. The van der Waals surface area contributed by atoms with Crippen molar-refractivity contribution in [2.24, 2.45) is 0 Å². The van der Waals surface area contributed by atoms with Crippen LogP contribution in [0.2, 0.25) is 0 Å². The summed E-state index contributed by atoms with van der Waals surface area (Å²) < 4.78 is 60.4. The van der Waals surface area contributed by atoms with Crippen LogP contribution in [0.25, 0.3) is 5.69 Å². The molecular weight excluding hydrogens is 528 g/mol. The van der Waals surface area contributed by atoms with Crippen molar-refractivity contribution in [3.63, 3.8) is 0 Å². The van der Waals surface area contributed by atoms with Crippen LogP contribution < -0.4 is 14.2 Å². The van der Waals surface area contributed by atoms with Gasteiger partial charge in [0.2, 0.25) is 16.0 Å². The van der Waals surface area contributed by atoms with E-state index in [1.54, 1.807) is 38.2 Å². The molecule has 39 heavy (non-hydrogen) atoms. The summed E-state index contributed by atoms with van der Waals surface area (Å²) in [6.07, 6.45) is 1.32. The molecular formula is C25H34N6O7S. The number of ether oxygens (including phenoxy) is 5. The number of para-hydroxylation sites is 1. The second kappa shape index (κ2) is 12.2. The van der Waals surface area contributed by atoms with Gasteiger partial charge in [-0.3, -0.25) is 19.3 Å². The molecule has 3 atom stereocenters. The van der Waals surface area contributed by atoms with Crippen molar-refractivity contribution in [3.8, 4) is 17.2 Å². The maximum absolute atomic E-state index is 13.8. The molecule has 0 bridgehead atoms. The Morgan fingerprint density at radius 2 is 1.77 bits per heavy atom. The predicted octanol–water partition coefficient (Wildman–Crippen LogP) is 2.77. The van der Waals surface area contributed by atoms with Crippen molar-refractivity contribution in [1.29, 1.82) is 0 Å². The van der Waals surface area contributed by atoms with E-state index in [2.05, 4.69) is 24.9 Å². The van der Waals surface area contributed by atoms with Gasteiger partial charge in [-0.05, 0) is 39.8 Å². The number of benzene rings is 1. The SMILES string of the molecule is COc1cccc(OC)c1-n1c(NS(=O)(=O)C(C)C(OC(C)C)c2cnc(C)cn2)nnc1[C@H]1COCCO1. The highest BCUT2D eigenvalue weighted by Gasteiger charge is 2.36. The molecule has 0 radical (unpaired) electrons. The van der Waals surface area contributed by atoms with Gasteiger partial charge in [0.1, 0.15) is 34.6 Å². The maximum atomic E-state index is 13.8. The summed E-state index contributed by atoms with van der Waals surface area (Å²) in [4.78, 5) is 8.64. The van der Waals surface area contributed by atoms with Gasteiger partial charge in [0.25, 0.3) is 0 Å². The first-order valence-electron chi connectivity index (χ1n) is 12.5. The van der Waals surface area contributed by atoms with Gasteiger partial charge in [0.15, 0.2) is 5.82 Å². The summed E-state index contributed by atoms with van der Waals surface area (Å²) in [7, 11) is -1.11. The smallest absolute Gasteiger partial charge is 0.243 e. The van der Waals surface area contributed by atoms with Crippen molar-refractivity contribution < 1.29 is 32.1 Å². The Kier molecular flexibility index (Phi) is 9.00. The van der Waals surface area contributed by atoms with E-state index < -0.39 is 27.5 Å². The van der Waals surface area contributed by atoms with E-state index >= 15 is 0 Å². The molecule has 0 aliphatic carbocycles. The molecule has 1 N–H and O–H groups in total. The molecule has 2 aromatic heterocycles. The van der Waals surface area contributed by atoms with E-state index in [-0.39, 0.29) is 18.7 Å². The van der Waals surface area contributed by atoms with Crippen LogP contribution in [-0.4, -0.2) is 78.5 Å². The molecule has 1 saturated heterocycles. The summed E-state index contributed by atoms with van der Waals surface area (Å²) in [5.41, 5.74) is 1.51. The number of rotatable bonds is 11. The fourth-order valence-corrected chi connectivity index (χ4v) is 5.23. The van der Waals surface area contributed by atoms with E-state index in [0.717, 1.165) is 0 Å². The average molecular weight is 563 g/mol. The van der Waals surface area contributed by atoms with Crippen LogP contribution in [0.5, 0.6) is 11.5 Å². The minimum Gasteiger partial charge on any atom is -0.494 e. The van der Waals surface area contributed by atoms with Crippen molar-refractivity contribution in [1.82, 2.24) is 24.7 Å². The molecule has 1 aromatic carbocycles. The number of hydrogen-bond donors (Lipinski definition) is 1. The predicted molar refractivity (Wildman–Crippen MR) is 142 cm³/mol. The lowest BCUT2D eigenvalue weighted by atomic mass is 10.2. The van der Waals surface area contributed by atoms with Crippen LogP contribution >= 0.6 is 0 Å². The van der Waals surface area contributed by atoms with Crippen LogP contribution in [0.1, 0.15) is 50.2 Å². The van der Waals surface area contributed by atoms with Gasteiger partial charge in [0.05, 0.1) is 57.7 Å². The van der Waals surface area contributed by atoms with Crippen molar-refractivity contribution in [3.05, 3.63) is 47.8 Å². The molecule has 14 heteroatoms. The largest absolute Gasteiger partial charge is 0.494 e. The first-order chi connectivity index (χ1) is 18.7. The molecule has 2 unspecified atom stereocenters. The number of nitrogens with zero attached hydrogens (tertiary/aromatic N) is 5. The quantitative estimate of drug-likeness (QED) is 0.368. The van der Waals surface area contributed by atoms with E-state index in [1.807, 2.05) is 13.8 Å². The molecule has 3 aromatic rings. The standard InChI is InChI=1S/C25H34N6O7S/c1-15(2)38-23(18-13-26-16(3)12-27-18)17(4)39(32,33)30-25-29-28-24(21-14-36-10-11-37-21)31(25)22-19(34-5)8-7-9-20(22)35-6/h7-9,12-13,15,17,21,23H,10-11,14H2,1-6H3,(H,29,30)/t17?,21-,23?/m1/s1. The molecule has 0 amide bonds. The summed E-state index contributed by atoms with van der Waals surface area (Å²) in [5.74, 6) is 1.07. The van der Waals surface area contributed by atoms with Gasteiger partial charge in [0, 0.05) is 6.20 Å². The highest BCUT2D eigenvalue weighted by molar-refractivity contribution is 7.93. The molecule has 212 valence electrons. The molecule has 13 nitrogen and oxygen atoms in total. The van der Waals surface area contributed by atoms with Crippen molar-refractivity contribution >= 4 is 16.0 Å². The van der Waals surface area contributed by atoms with E-state index in [9.17, 15) is 8.42 Å². The number of hydrogen-bond acceptors (Lipinski definition) is 11. The molecule has 1 aliphatic rings. The molecule has 0 saturated carbocycles. The Balaban J connectivity index is 1.79. The highest BCUT2D eigenvalue weighted by Crippen LogP contribution is 2.38. The summed E-state index contributed by atoms with van der Waals surface area (Å²) in [5, 5.41) is 7.40. The van der Waals surface area contributed by atoms with Crippen molar-refractivity contribution in [2.45, 2.75) is 51.3 Å². The van der Waals surface area contributed by atoms with E-state index in [0.29, 0.717) is 47.6 Å². The Morgan fingerprint density at radius 3 is 2.33 bits per heavy atom. The zero-order valence-electron chi connectivity index (χ0n) is 22.8. The van der Waals surface area contributed by atoms with Crippen LogP contribution in [0, 0.1) is 6.92 Å². The summed E-state index contributed by atoms with van der Waals surface area (Å²) in [6, 6.07) is 5.21. The van der Waals surface area contributed by atoms with Gasteiger partial charge in [-0.1, -0.05) is 6.07 Å². The minimum atomic E-state index is -4.12. The zero-order valence-corrected chi connectivity index (χ0v) is 23.6. The Morgan fingerprint density at radius 1 is 1.05 bits per heavy atom. The number of sulfonamides is 1. The fourth-order valence-electron chi connectivity index (χ4n) is 4.13. The zero-order chi connectivity index (χ0) is 28.2. The maximum Gasteiger partial charge on any atom is 0.243 e. The Hall–Kier alpha value is -3.33. The van der Waals surface area contributed by atoms with Crippen LogP contribution in [0.4, 0.5) is 5.95 Å². The summed E-state index contributed by atoms with van der Waals surface area (Å²) in [6.45, 7) is 8.00. The summed E-state index contributed by atoms with van der Waals surface area (Å²) >= 11 is 0. The number of aryl methyl sites for hydroxylation is 1. The first kappa shape index (κ1) is 28.7. The highest BCUT2D eigenvalue weighted by atomic mass is 32.2. The van der Waals surface area contributed by atoms with Gasteiger partial charge >= 0.3 is 0 Å². The van der Waals surface area contributed by atoms with Crippen molar-refractivity contribution in [2.75, 3.05) is 38.8 Å². The second-order valence-corrected chi connectivity index (χ2v) is 11.2. The molecule has 1 fully saturated rings. The lowest BCUT2D eigenvalue weighted by molar-refractivity contribution is -0.0941. The third-order valence-electron chi connectivity index (χ3n) is 6.08. The monoisotopic (exact) mass is 562 g/mol. The van der Waals surface area contributed by atoms with Gasteiger partial charge in [-0.15, -0.1) is 10.2 Å². The molecule has 0 spiro atoms. The number of methoxy groups -OCH3 is 2. The third kappa shape index (κ3) is 6.30. The molecule has 4 rings (SSSR count). The average Bonchev–Trinajstić information content (AvgIpc) is 3.33. The fraction of sp³-hybridized carbons (Fsp3) is 0.520. The number of anilines is 1. The van der Waals surface area contributed by atoms with E-state index in [1.165, 1.54) is 25.0 Å². The topological polar surface area (TPSA) is 149 Å². The Labute approximate surface area is 227 Å². The van der Waals surface area contributed by atoms with Gasteiger partial charge in [-0.2, -0.15) is 0 Å². The van der Waals surface area contributed by atoms with Gasteiger partial charge in [-0.25, -0.2) is 8.42 Å². The third-order valence-corrected chi connectivity index (χ3v) is 7.77. The van der Waals surface area contributed by atoms with Gasteiger partial charge < -0.3 is 23.7 Å². The number of nitrogens with one attached hydrogen (secondary N) is 1. The van der Waals surface area contributed by atoms with Crippen LogP contribution in [0.15, 0.2) is 30.6 Å². The number of aromatic nitrogens is 5. The minimum absolute atomic E-state index is 0.0767. The lowest BCUT2D eigenvalue weighted by Gasteiger charge is -2.27. The van der Waals surface area contributed by atoms with E-state index in [4.69, 9.17) is 23.7 Å². The molecule has 1 aliphatic heterocycles. The normalized spacial score (nSPS) is 17.6. The van der Waals surface area contributed by atoms with Crippen LogP contribution in [-0.2, 0) is 24.2 Å². The van der Waals surface area contributed by atoms with Crippen LogP contribution in [0.3, 0.4) is 0 Å². The first-order valence-corrected chi connectivity index (χ1v) is 14.0. The Bertz CT molecular complexity index is 1340. The molecule has 3 heterocycles.